The Morgan fingerprint density at radius 3 is 2.96 bits per heavy atom. The van der Waals surface area contributed by atoms with Crippen LogP contribution in [-0.2, 0) is 19.4 Å². The Morgan fingerprint density at radius 2 is 2.00 bits per heavy atom. The van der Waals surface area contributed by atoms with Crippen LogP contribution in [0.25, 0.3) is 10.2 Å². The summed E-state index contributed by atoms with van der Waals surface area (Å²) >= 11 is 7.91. The molecule has 0 radical (unpaired) electrons. The molecule has 1 aliphatic heterocycles. The molecule has 25 heavy (non-hydrogen) atoms. The van der Waals surface area contributed by atoms with E-state index in [-0.39, 0.29) is 6.79 Å². The third kappa shape index (κ3) is 2.69. The summed E-state index contributed by atoms with van der Waals surface area (Å²) in [4.78, 5) is 11.3. The number of hydrogen-bond acceptors (Lipinski definition) is 6. The normalized spacial score (nSPS) is 15.4. The van der Waals surface area contributed by atoms with Gasteiger partial charge >= 0.3 is 0 Å². The molecule has 0 fully saturated rings. The van der Waals surface area contributed by atoms with Gasteiger partial charge in [0.1, 0.15) is 10.6 Å². The quantitative estimate of drug-likeness (QED) is 0.682. The Balaban J connectivity index is 1.49. The maximum absolute atomic E-state index is 6.15. The van der Waals surface area contributed by atoms with Crippen molar-refractivity contribution in [3.63, 3.8) is 0 Å². The van der Waals surface area contributed by atoms with Gasteiger partial charge < -0.3 is 14.8 Å². The summed E-state index contributed by atoms with van der Waals surface area (Å²) in [5.74, 6) is 2.41. The molecule has 0 atom stereocenters. The van der Waals surface area contributed by atoms with Crippen molar-refractivity contribution in [3.8, 4) is 11.5 Å². The number of ether oxygens (including phenoxy) is 2. The van der Waals surface area contributed by atoms with Crippen LogP contribution < -0.4 is 14.8 Å². The summed E-state index contributed by atoms with van der Waals surface area (Å²) in [5.41, 5.74) is 2.51. The standard InChI is InChI=1S/C18H16ClN3O2S/c19-18-21-16(15-11-3-1-2-4-14(11)25-17(15)22-18)20-8-10-5-6-12-13(7-10)24-9-23-12/h5-7H,1-4,8-9H2,(H,20,21,22). The zero-order chi connectivity index (χ0) is 16.8. The van der Waals surface area contributed by atoms with Crippen molar-refractivity contribution in [3.05, 3.63) is 39.5 Å². The second-order valence-corrected chi connectivity index (χ2v) is 7.70. The summed E-state index contributed by atoms with van der Waals surface area (Å²) in [5, 5.41) is 4.88. The molecular formula is C18H16ClN3O2S. The van der Waals surface area contributed by atoms with E-state index in [1.807, 2.05) is 18.2 Å². The number of fused-ring (bicyclic) bond motifs is 4. The highest BCUT2D eigenvalue weighted by atomic mass is 35.5. The van der Waals surface area contributed by atoms with E-state index < -0.39 is 0 Å². The van der Waals surface area contributed by atoms with E-state index in [9.17, 15) is 0 Å². The van der Waals surface area contributed by atoms with E-state index in [2.05, 4.69) is 15.3 Å². The number of thiophene rings is 1. The molecule has 1 aliphatic carbocycles. The number of anilines is 1. The van der Waals surface area contributed by atoms with Crippen molar-refractivity contribution < 1.29 is 9.47 Å². The fourth-order valence-electron chi connectivity index (χ4n) is 3.50. The zero-order valence-corrected chi connectivity index (χ0v) is 15.0. The number of nitrogens with zero attached hydrogens (tertiary/aromatic N) is 2. The van der Waals surface area contributed by atoms with Crippen LogP contribution in [0.1, 0.15) is 28.8 Å². The molecule has 1 N–H and O–H groups in total. The van der Waals surface area contributed by atoms with Crippen LogP contribution in [0.2, 0.25) is 5.28 Å². The van der Waals surface area contributed by atoms with Crippen LogP contribution >= 0.6 is 22.9 Å². The maximum atomic E-state index is 6.15. The zero-order valence-electron chi connectivity index (χ0n) is 13.5. The predicted octanol–water partition coefficient (Wildman–Crippen LogP) is 4.56. The van der Waals surface area contributed by atoms with Crippen LogP contribution in [-0.4, -0.2) is 16.8 Å². The van der Waals surface area contributed by atoms with Crippen LogP contribution in [0.3, 0.4) is 0 Å². The molecule has 2 aliphatic rings. The largest absolute Gasteiger partial charge is 0.454 e. The monoisotopic (exact) mass is 373 g/mol. The molecule has 0 saturated carbocycles. The average Bonchev–Trinajstić information content (AvgIpc) is 3.22. The molecule has 128 valence electrons. The smallest absolute Gasteiger partial charge is 0.231 e. The van der Waals surface area contributed by atoms with E-state index >= 15 is 0 Å². The Labute approximate surface area is 154 Å². The second-order valence-electron chi connectivity index (χ2n) is 6.27. The van der Waals surface area contributed by atoms with Gasteiger partial charge in [0, 0.05) is 11.4 Å². The number of rotatable bonds is 3. The van der Waals surface area contributed by atoms with Crippen LogP contribution in [0.4, 0.5) is 5.82 Å². The molecule has 2 aromatic heterocycles. The van der Waals surface area contributed by atoms with Crippen molar-refractivity contribution in [2.45, 2.75) is 32.2 Å². The van der Waals surface area contributed by atoms with Crippen molar-refractivity contribution in [1.29, 1.82) is 0 Å². The molecule has 3 heterocycles. The van der Waals surface area contributed by atoms with Crippen LogP contribution in [0.5, 0.6) is 11.5 Å². The molecular weight excluding hydrogens is 358 g/mol. The molecule has 5 rings (SSSR count). The van der Waals surface area contributed by atoms with Gasteiger partial charge in [-0.2, -0.15) is 0 Å². The van der Waals surface area contributed by atoms with Gasteiger partial charge in [0.05, 0.1) is 5.39 Å². The summed E-state index contributed by atoms with van der Waals surface area (Å²) in [6.45, 7) is 0.930. The molecule has 0 saturated heterocycles. The summed E-state index contributed by atoms with van der Waals surface area (Å²) in [6.07, 6.45) is 4.71. The minimum atomic E-state index is 0.287. The number of aryl methyl sites for hydroxylation is 2. The number of nitrogens with one attached hydrogen (secondary N) is 1. The summed E-state index contributed by atoms with van der Waals surface area (Å²) in [7, 11) is 0. The fraction of sp³-hybridized carbons (Fsp3) is 0.333. The highest BCUT2D eigenvalue weighted by molar-refractivity contribution is 7.19. The van der Waals surface area contributed by atoms with Gasteiger partial charge in [0.2, 0.25) is 12.1 Å². The highest BCUT2D eigenvalue weighted by Crippen LogP contribution is 2.39. The Bertz CT molecular complexity index is 973. The van der Waals surface area contributed by atoms with Crippen LogP contribution in [0, 0.1) is 0 Å². The maximum Gasteiger partial charge on any atom is 0.231 e. The van der Waals surface area contributed by atoms with Gasteiger partial charge in [0.15, 0.2) is 11.5 Å². The first-order valence-electron chi connectivity index (χ1n) is 8.38. The van der Waals surface area contributed by atoms with E-state index in [0.29, 0.717) is 11.8 Å². The molecule has 1 aromatic carbocycles. The van der Waals surface area contributed by atoms with Gasteiger partial charge in [0.25, 0.3) is 0 Å². The van der Waals surface area contributed by atoms with Crippen LogP contribution in [0.15, 0.2) is 18.2 Å². The van der Waals surface area contributed by atoms with Gasteiger partial charge in [-0.05, 0) is 60.5 Å². The summed E-state index contributed by atoms with van der Waals surface area (Å²) < 4.78 is 10.8. The van der Waals surface area contributed by atoms with Crippen molar-refractivity contribution in [1.82, 2.24) is 9.97 Å². The van der Waals surface area contributed by atoms with Gasteiger partial charge in [-0.15, -0.1) is 11.3 Å². The summed E-state index contributed by atoms with van der Waals surface area (Å²) in [6, 6.07) is 5.97. The molecule has 0 unspecified atom stereocenters. The van der Waals surface area contributed by atoms with Crippen molar-refractivity contribution in [2.24, 2.45) is 0 Å². The predicted molar refractivity (Wildman–Crippen MR) is 99.0 cm³/mol. The third-order valence-electron chi connectivity index (χ3n) is 4.68. The molecule has 5 nitrogen and oxygen atoms in total. The third-order valence-corrected chi connectivity index (χ3v) is 6.04. The fourth-order valence-corrected chi connectivity index (χ4v) is 4.98. The first kappa shape index (κ1) is 15.2. The molecule has 0 bridgehead atoms. The Morgan fingerprint density at radius 1 is 1.12 bits per heavy atom. The minimum absolute atomic E-state index is 0.287. The molecule has 0 spiro atoms. The SMILES string of the molecule is Clc1nc(NCc2ccc3c(c2)OCO3)c2c3c(sc2n1)CCCC3. The number of halogens is 1. The first-order valence-corrected chi connectivity index (χ1v) is 9.57. The first-order chi connectivity index (χ1) is 12.3. The van der Waals surface area contributed by atoms with Gasteiger partial charge in [-0.3, -0.25) is 0 Å². The Hall–Kier alpha value is -2.05. The van der Waals surface area contributed by atoms with E-state index in [1.54, 1.807) is 11.3 Å². The second kappa shape index (κ2) is 6.04. The van der Waals surface area contributed by atoms with E-state index in [4.69, 9.17) is 21.1 Å². The lowest BCUT2D eigenvalue weighted by molar-refractivity contribution is 0.174. The molecule has 7 heteroatoms. The molecule has 0 amide bonds. The van der Waals surface area contributed by atoms with Gasteiger partial charge in [-0.1, -0.05) is 6.07 Å². The Kier molecular flexibility index (Phi) is 3.68. The topological polar surface area (TPSA) is 56.3 Å². The lowest BCUT2D eigenvalue weighted by Crippen LogP contribution is -2.05. The minimum Gasteiger partial charge on any atom is -0.454 e. The van der Waals surface area contributed by atoms with E-state index in [1.165, 1.54) is 23.3 Å². The number of aromatic nitrogens is 2. The lowest BCUT2D eigenvalue weighted by atomic mass is 9.97. The van der Waals surface area contributed by atoms with Gasteiger partial charge in [-0.25, -0.2) is 9.97 Å². The van der Waals surface area contributed by atoms with Crippen molar-refractivity contribution >= 4 is 39.0 Å². The lowest BCUT2D eigenvalue weighted by Gasteiger charge is -2.13. The highest BCUT2D eigenvalue weighted by Gasteiger charge is 2.21. The average molecular weight is 374 g/mol. The van der Waals surface area contributed by atoms with E-state index in [0.717, 1.165) is 45.9 Å². The number of benzene rings is 1. The molecule has 3 aromatic rings. The van der Waals surface area contributed by atoms with Crippen molar-refractivity contribution in [2.75, 3.05) is 12.1 Å². The number of hydrogen-bond donors (Lipinski definition) is 1.